The molecule has 0 spiro atoms. The Labute approximate surface area is 182 Å². The fraction of sp³-hybridized carbons (Fsp3) is 0.417. The van der Waals surface area contributed by atoms with E-state index in [1.165, 1.54) is 0 Å². The molecule has 156 valence electrons. The Hall–Kier alpha value is -2.14. The topological polar surface area (TPSA) is 49.4 Å². The lowest BCUT2D eigenvalue weighted by atomic mass is 10.0. The highest BCUT2D eigenvalue weighted by atomic mass is 79.9. The maximum atomic E-state index is 13.2. The van der Waals surface area contributed by atoms with Crippen molar-refractivity contribution >= 4 is 27.7 Å². The number of carbonyl (C=O) groups excluding carboxylic acids is 2. The van der Waals surface area contributed by atoms with Crippen LogP contribution in [0.1, 0.15) is 48.9 Å². The average molecular weight is 459 g/mol. The molecule has 29 heavy (non-hydrogen) atoms. The van der Waals surface area contributed by atoms with Crippen LogP contribution in [0.3, 0.4) is 0 Å². The van der Waals surface area contributed by atoms with Crippen LogP contribution in [0.15, 0.2) is 46.9 Å². The second kappa shape index (κ2) is 11.1. The van der Waals surface area contributed by atoms with Crippen molar-refractivity contribution < 1.29 is 9.59 Å². The number of aryl methyl sites for hydroxylation is 2. The first-order valence-electron chi connectivity index (χ1n) is 10.2. The van der Waals surface area contributed by atoms with Crippen LogP contribution in [0, 0.1) is 13.8 Å². The minimum Gasteiger partial charge on any atom is -0.354 e. The third-order valence-corrected chi connectivity index (χ3v) is 5.43. The third-order valence-electron chi connectivity index (χ3n) is 4.90. The summed E-state index contributed by atoms with van der Waals surface area (Å²) in [5.41, 5.74) is 4.25. The van der Waals surface area contributed by atoms with Crippen LogP contribution in [0.4, 0.5) is 0 Å². The summed E-state index contributed by atoms with van der Waals surface area (Å²) in [5.74, 6) is -0.152. The molecule has 2 aromatic rings. The maximum Gasteiger partial charge on any atom is 0.242 e. The molecule has 2 rings (SSSR count). The number of hydrogen-bond acceptors (Lipinski definition) is 2. The van der Waals surface area contributed by atoms with Crippen LogP contribution in [-0.2, 0) is 22.6 Å². The van der Waals surface area contributed by atoms with Gasteiger partial charge in [-0.1, -0.05) is 70.7 Å². The van der Waals surface area contributed by atoms with Crippen molar-refractivity contribution in [2.75, 3.05) is 6.54 Å². The van der Waals surface area contributed by atoms with Crippen LogP contribution in [0.25, 0.3) is 0 Å². The molecule has 5 heteroatoms. The van der Waals surface area contributed by atoms with Crippen molar-refractivity contribution in [1.29, 1.82) is 0 Å². The molecule has 0 aliphatic carbocycles. The molecular weight excluding hydrogens is 428 g/mol. The molecule has 0 saturated heterocycles. The number of halogens is 1. The first kappa shape index (κ1) is 23.1. The number of nitrogens with zero attached hydrogens (tertiary/aromatic N) is 1. The first-order chi connectivity index (χ1) is 13.8. The van der Waals surface area contributed by atoms with Crippen LogP contribution >= 0.6 is 15.9 Å². The summed E-state index contributed by atoms with van der Waals surface area (Å²) in [6.45, 7) is 8.99. The number of carbonyl (C=O) groups is 2. The molecule has 2 amide bonds. The van der Waals surface area contributed by atoms with E-state index in [4.69, 9.17) is 0 Å². The Bertz CT molecular complexity index is 813. The van der Waals surface area contributed by atoms with E-state index in [0.717, 1.165) is 39.6 Å². The largest absolute Gasteiger partial charge is 0.354 e. The number of hydrogen-bond donors (Lipinski definition) is 1. The molecule has 0 radical (unpaired) electrons. The second-order valence-corrected chi connectivity index (χ2v) is 8.56. The Morgan fingerprint density at radius 3 is 2.24 bits per heavy atom. The zero-order valence-electron chi connectivity index (χ0n) is 17.8. The monoisotopic (exact) mass is 458 g/mol. The lowest BCUT2D eigenvalue weighted by molar-refractivity contribution is -0.140. The zero-order valence-corrected chi connectivity index (χ0v) is 19.4. The summed E-state index contributed by atoms with van der Waals surface area (Å²) in [6.07, 6.45) is 2.23. The van der Waals surface area contributed by atoms with Crippen molar-refractivity contribution in [2.24, 2.45) is 0 Å². The van der Waals surface area contributed by atoms with Crippen molar-refractivity contribution in [3.8, 4) is 0 Å². The maximum absolute atomic E-state index is 13.2. The second-order valence-electron chi connectivity index (χ2n) is 7.64. The summed E-state index contributed by atoms with van der Waals surface area (Å²) in [5, 5.41) is 2.96. The minimum atomic E-state index is -0.533. The molecular formula is C24H31BrN2O2. The Kier molecular flexibility index (Phi) is 8.90. The standard InChI is InChI=1S/C24H31BrN2O2/c1-5-6-11-26-24(29)19(4)27(16-20-7-9-22(25)10-8-20)23(28)15-21-13-17(2)12-18(3)14-21/h7-10,12-14,19H,5-6,11,15-16H2,1-4H3,(H,26,29)/t19-/m0/s1. The van der Waals surface area contributed by atoms with E-state index >= 15 is 0 Å². The normalized spacial score (nSPS) is 11.8. The number of nitrogens with one attached hydrogen (secondary N) is 1. The van der Waals surface area contributed by atoms with Gasteiger partial charge in [0.1, 0.15) is 6.04 Å². The predicted molar refractivity (Wildman–Crippen MR) is 122 cm³/mol. The number of benzene rings is 2. The van der Waals surface area contributed by atoms with Gasteiger partial charge < -0.3 is 10.2 Å². The van der Waals surface area contributed by atoms with Crippen LogP contribution < -0.4 is 5.32 Å². The molecule has 0 unspecified atom stereocenters. The van der Waals surface area contributed by atoms with Gasteiger partial charge in [-0.05, 0) is 50.5 Å². The fourth-order valence-electron chi connectivity index (χ4n) is 3.35. The van der Waals surface area contributed by atoms with E-state index in [2.05, 4.69) is 34.2 Å². The smallest absolute Gasteiger partial charge is 0.242 e. The van der Waals surface area contributed by atoms with Gasteiger partial charge in [-0.2, -0.15) is 0 Å². The van der Waals surface area contributed by atoms with Gasteiger partial charge in [-0.3, -0.25) is 9.59 Å². The number of rotatable bonds is 9. The van der Waals surface area contributed by atoms with Crippen molar-refractivity contribution in [2.45, 2.75) is 59.5 Å². The Morgan fingerprint density at radius 2 is 1.66 bits per heavy atom. The van der Waals surface area contributed by atoms with Gasteiger partial charge in [0.05, 0.1) is 6.42 Å². The van der Waals surface area contributed by atoms with Crippen molar-refractivity contribution in [1.82, 2.24) is 10.2 Å². The Balaban J connectivity index is 2.20. The lowest BCUT2D eigenvalue weighted by Gasteiger charge is -2.29. The van der Waals surface area contributed by atoms with E-state index in [-0.39, 0.29) is 18.2 Å². The summed E-state index contributed by atoms with van der Waals surface area (Å²) in [6, 6.07) is 13.5. The highest BCUT2D eigenvalue weighted by Crippen LogP contribution is 2.17. The average Bonchev–Trinajstić information content (AvgIpc) is 2.66. The van der Waals surface area contributed by atoms with Gasteiger partial charge in [-0.25, -0.2) is 0 Å². The van der Waals surface area contributed by atoms with E-state index in [1.807, 2.05) is 50.2 Å². The van der Waals surface area contributed by atoms with Crippen LogP contribution in [0.5, 0.6) is 0 Å². The van der Waals surface area contributed by atoms with Gasteiger partial charge in [0.15, 0.2) is 0 Å². The van der Waals surface area contributed by atoms with Crippen molar-refractivity contribution in [3.05, 3.63) is 69.2 Å². The summed E-state index contributed by atoms with van der Waals surface area (Å²) < 4.78 is 0.986. The number of amides is 2. The molecule has 0 aliphatic heterocycles. The third kappa shape index (κ3) is 7.32. The molecule has 0 heterocycles. The van der Waals surface area contributed by atoms with Crippen LogP contribution in [0.2, 0.25) is 0 Å². The molecule has 0 aliphatic rings. The van der Waals surface area contributed by atoms with E-state index in [9.17, 15) is 9.59 Å². The highest BCUT2D eigenvalue weighted by molar-refractivity contribution is 9.10. The van der Waals surface area contributed by atoms with Crippen LogP contribution in [-0.4, -0.2) is 29.3 Å². The molecule has 0 fully saturated rings. The molecule has 0 aromatic heterocycles. The first-order valence-corrected chi connectivity index (χ1v) is 11.0. The predicted octanol–water partition coefficient (Wildman–Crippen LogP) is 4.94. The van der Waals surface area contributed by atoms with Gasteiger partial charge in [-0.15, -0.1) is 0 Å². The molecule has 1 atom stereocenters. The molecule has 4 nitrogen and oxygen atoms in total. The minimum absolute atomic E-state index is 0.0453. The molecule has 0 bridgehead atoms. The lowest BCUT2D eigenvalue weighted by Crippen LogP contribution is -2.48. The fourth-order valence-corrected chi connectivity index (χ4v) is 3.62. The van der Waals surface area contributed by atoms with E-state index < -0.39 is 6.04 Å². The highest BCUT2D eigenvalue weighted by Gasteiger charge is 2.26. The van der Waals surface area contributed by atoms with Gasteiger partial charge >= 0.3 is 0 Å². The summed E-state index contributed by atoms with van der Waals surface area (Å²) >= 11 is 3.44. The SMILES string of the molecule is CCCCNC(=O)[C@H](C)N(Cc1ccc(Br)cc1)C(=O)Cc1cc(C)cc(C)c1. The van der Waals surface area contributed by atoms with Gasteiger partial charge in [0.25, 0.3) is 0 Å². The van der Waals surface area contributed by atoms with Gasteiger partial charge in [0, 0.05) is 17.6 Å². The molecule has 0 saturated carbocycles. The van der Waals surface area contributed by atoms with E-state index in [0.29, 0.717) is 13.1 Å². The number of unbranched alkanes of at least 4 members (excludes halogenated alkanes) is 1. The summed E-state index contributed by atoms with van der Waals surface area (Å²) in [7, 11) is 0. The zero-order chi connectivity index (χ0) is 21.4. The quantitative estimate of drug-likeness (QED) is 0.540. The van der Waals surface area contributed by atoms with Gasteiger partial charge in [0.2, 0.25) is 11.8 Å². The Morgan fingerprint density at radius 1 is 1.03 bits per heavy atom. The van der Waals surface area contributed by atoms with Crippen molar-refractivity contribution in [3.63, 3.8) is 0 Å². The molecule has 2 aromatic carbocycles. The van der Waals surface area contributed by atoms with E-state index in [1.54, 1.807) is 11.8 Å². The summed E-state index contributed by atoms with van der Waals surface area (Å²) in [4.78, 5) is 27.6. The molecule has 1 N–H and O–H groups in total.